The quantitative estimate of drug-likeness (QED) is 0.358. The Labute approximate surface area is 213 Å². The lowest BCUT2D eigenvalue weighted by Gasteiger charge is -2.20. The van der Waals surface area contributed by atoms with Crippen LogP contribution in [0.15, 0.2) is 82.6 Å². The largest absolute Gasteiger partial charge is 0.416 e. The summed E-state index contributed by atoms with van der Waals surface area (Å²) in [6.07, 6.45) is -4.58. The summed E-state index contributed by atoms with van der Waals surface area (Å²) in [5.41, 5.74) is 0.424. The van der Waals surface area contributed by atoms with Gasteiger partial charge in [-0.3, -0.25) is 0 Å². The zero-order valence-corrected chi connectivity index (χ0v) is 21.9. The van der Waals surface area contributed by atoms with E-state index in [0.29, 0.717) is 5.56 Å². The Bertz CT molecular complexity index is 1700. The van der Waals surface area contributed by atoms with Crippen LogP contribution in [0, 0.1) is 0 Å². The van der Waals surface area contributed by atoms with E-state index < -0.39 is 31.8 Å². The molecule has 0 saturated heterocycles. The van der Waals surface area contributed by atoms with Crippen LogP contribution in [0.1, 0.15) is 43.2 Å². The minimum Gasteiger partial charge on any atom is -0.238 e. The zero-order chi connectivity index (χ0) is 27.4. The standard InChI is InChI=1S/C26H25F3N2O4S2/c1-25(2,3)19-5-4-6-23(16-19)37(34,35)31-21(13-17-7-10-22(11-8-17)36(30,32)33)15-18-14-20(26(27,28)29)9-12-24(18)31/h4-12,14-16H,13H2,1-3H3,(H2,30,32,33). The fourth-order valence-electron chi connectivity index (χ4n) is 4.07. The normalized spacial score (nSPS) is 13.3. The molecule has 0 aliphatic carbocycles. The number of rotatable bonds is 5. The maximum Gasteiger partial charge on any atom is 0.416 e. The van der Waals surface area contributed by atoms with Crippen LogP contribution in [0.2, 0.25) is 0 Å². The summed E-state index contributed by atoms with van der Waals surface area (Å²) in [5, 5.41) is 5.26. The van der Waals surface area contributed by atoms with E-state index >= 15 is 0 Å². The van der Waals surface area contributed by atoms with Crippen molar-refractivity contribution in [3.8, 4) is 0 Å². The van der Waals surface area contributed by atoms with Gasteiger partial charge in [-0.1, -0.05) is 45.0 Å². The van der Waals surface area contributed by atoms with Gasteiger partial charge in [0.1, 0.15) is 0 Å². The average molecular weight is 551 g/mol. The molecule has 196 valence electrons. The van der Waals surface area contributed by atoms with Crippen molar-refractivity contribution >= 4 is 30.9 Å². The van der Waals surface area contributed by atoms with Gasteiger partial charge < -0.3 is 0 Å². The van der Waals surface area contributed by atoms with Crippen molar-refractivity contribution in [2.75, 3.05) is 0 Å². The summed E-state index contributed by atoms with van der Waals surface area (Å²) in [6, 6.07) is 16.3. The summed E-state index contributed by atoms with van der Waals surface area (Å²) in [6.45, 7) is 5.83. The number of benzene rings is 3. The van der Waals surface area contributed by atoms with Crippen molar-refractivity contribution in [2.24, 2.45) is 5.14 Å². The van der Waals surface area contributed by atoms with E-state index in [1.165, 1.54) is 36.4 Å². The SMILES string of the molecule is CC(C)(C)c1cccc(S(=O)(=O)n2c(Cc3ccc(S(N)(=O)=O)cc3)cc3cc(C(F)(F)F)ccc32)c1. The summed E-state index contributed by atoms with van der Waals surface area (Å²) < 4.78 is 92.2. The van der Waals surface area contributed by atoms with Crippen molar-refractivity contribution < 1.29 is 30.0 Å². The van der Waals surface area contributed by atoms with Gasteiger partial charge in [-0.2, -0.15) is 13.2 Å². The van der Waals surface area contributed by atoms with Crippen LogP contribution >= 0.6 is 0 Å². The molecule has 0 radical (unpaired) electrons. The predicted octanol–water partition coefficient (Wildman–Crippen LogP) is 5.43. The second-order valence-corrected chi connectivity index (χ2v) is 13.2. The van der Waals surface area contributed by atoms with Crippen LogP contribution in [0.3, 0.4) is 0 Å². The fraction of sp³-hybridized carbons (Fsp3) is 0.231. The van der Waals surface area contributed by atoms with E-state index in [0.717, 1.165) is 27.7 Å². The summed E-state index contributed by atoms with van der Waals surface area (Å²) >= 11 is 0. The van der Waals surface area contributed by atoms with Gasteiger partial charge in [0.2, 0.25) is 10.0 Å². The first-order chi connectivity index (χ1) is 17.0. The van der Waals surface area contributed by atoms with Crippen molar-refractivity contribution in [1.29, 1.82) is 0 Å². The lowest BCUT2D eigenvalue weighted by atomic mass is 9.87. The molecule has 0 fully saturated rings. The van der Waals surface area contributed by atoms with Gasteiger partial charge in [-0.25, -0.2) is 25.9 Å². The molecule has 11 heteroatoms. The number of nitrogens with zero attached hydrogens (tertiary/aromatic N) is 1. The number of aromatic nitrogens is 1. The highest BCUT2D eigenvalue weighted by Crippen LogP contribution is 2.35. The van der Waals surface area contributed by atoms with Crippen LogP contribution in [0.5, 0.6) is 0 Å². The molecule has 4 aromatic rings. The van der Waals surface area contributed by atoms with E-state index in [-0.39, 0.29) is 38.2 Å². The van der Waals surface area contributed by atoms with Crippen molar-refractivity contribution in [3.63, 3.8) is 0 Å². The molecule has 1 heterocycles. The van der Waals surface area contributed by atoms with Crippen LogP contribution in [0.25, 0.3) is 10.9 Å². The molecule has 2 N–H and O–H groups in total. The van der Waals surface area contributed by atoms with E-state index in [2.05, 4.69) is 0 Å². The second kappa shape index (κ2) is 9.00. The Morgan fingerprint density at radius 2 is 1.43 bits per heavy atom. The third-order valence-corrected chi connectivity index (χ3v) is 8.72. The van der Waals surface area contributed by atoms with Crippen LogP contribution in [-0.2, 0) is 38.1 Å². The van der Waals surface area contributed by atoms with Gasteiger partial charge in [0, 0.05) is 17.5 Å². The van der Waals surface area contributed by atoms with E-state index in [9.17, 15) is 30.0 Å². The van der Waals surface area contributed by atoms with Crippen molar-refractivity contribution in [1.82, 2.24) is 3.97 Å². The molecule has 37 heavy (non-hydrogen) atoms. The summed E-state index contributed by atoms with van der Waals surface area (Å²) in [4.78, 5) is -0.110. The number of alkyl halides is 3. The molecule has 0 atom stereocenters. The molecule has 0 aliphatic heterocycles. The Kier molecular flexibility index (Phi) is 6.54. The predicted molar refractivity (Wildman–Crippen MR) is 135 cm³/mol. The summed E-state index contributed by atoms with van der Waals surface area (Å²) in [7, 11) is -8.14. The van der Waals surface area contributed by atoms with Gasteiger partial charge >= 0.3 is 6.18 Å². The molecule has 0 saturated carbocycles. The maximum absolute atomic E-state index is 13.9. The van der Waals surface area contributed by atoms with Gasteiger partial charge in [0.15, 0.2) is 0 Å². The minimum atomic E-state index is -4.60. The van der Waals surface area contributed by atoms with E-state index in [1.807, 2.05) is 26.8 Å². The molecule has 3 aromatic carbocycles. The monoisotopic (exact) mass is 550 g/mol. The fourth-order valence-corrected chi connectivity index (χ4v) is 6.17. The highest BCUT2D eigenvalue weighted by molar-refractivity contribution is 7.90. The smallest absolute Gasteiger partial charge is 0.238 e. The molecule has 1 aromatic heterocycles. The van der Waals surface area contributed by atoms with Crippen molar-refractivity contribution in [2.45, 2.75) is 48.6 Å². The lowest BCUT2D eigenvalue weighted by molar-refractivity contribution is -0.137. The maximum atomic E-state index is 13.9. The molecule has 0 spiro atoms. The number of fused-ring (bicyclic) bond motifs is 1. The Morgan fingerprint density at radius 3 is 2.00 bits per heavy atom. The minimum absolute atomic E-state index is 0.00291. The number of halogens is 3. The number of sulfonamides is 1. The average Bonchev–Trinajstić information content (AvgIpc) is 3.15. The molecule has 4 rings (SSSR count). The van der Waals surface area contributed by atoms with Gasteiger partial charge in [-0.05, 0) is 65.1 Å². The topological polar surface area (TPSA) is 99.2 Å². The zero-order valence-electron chi connectivity index (χ0n) is 20.2. The highest BCUT2D eigenvalue weighted by Gasteiger charge is 2.32. The first kappa shape index (κ1) is 26.9. The molecular formula is C26H25F3N2O4S2. The van der Waals surface area contributed by atoms with Crippen molar-refractivity contribution in [3.05, 3.63) is 95.2 Å². The van der Waals surface area contributed by atoms with Crippen LogP contribution in [-0.4, -0.2) is 20.8 Å². The lowest BCUT2D eigenvalue weighted by Crippen LogP contribution is -2.18. The van der Waals surface area contributed by atoms with Crippen LogP contribution in [0.4, 0.5) is 13.2 Å². The number of primary sulfonamides is 1. The Hall–Kier alpha value is -3.15. The first-order valence-corrected chi connectivity index (χ1v) is 14.2. The molecule has 0 aliphatic rings. The molecular weight excluding hydrogens is 525 g/mol. The third-order valence-electron chi connectivity index (χ3n) is 6.03. The molecule has 0 amide bonds. The Morgan fingerprint density at radius 1 is 0.784 bits per heavy atom. The first-order valence-electron chi connectivity index (χ1n) is 11.2. The highest BCUT2D eigenvalue weighted by atomic mass is 32.2. The van der Waals surface area contributed by atoms with Gasteiger partial charge in [-0.15, -0.1) is 0 Å². The number of nitrogens with two attached hydrogens (primary N) is 1. The Balaban J connectivity index is 1.92. The van der Waals surface area contributed by atoms with Gasteiger partial charge in [0.25, 0.3) is 10.0 Å². The third kappa shape index (κ3) is 5.43. The summed E-state index contributed by atoms with van der Waals surface area (Å²) in [5.74, 6) is 0. The van der Waals surface area contributed by atoms with E-state index in [4.69, 9.17) is 5.14 Å². The molecule has 6 nitrogen and oxygen atoms in total. The number of hydrogen-bond donors (Lipinski definition) is 1. The second-order valence-electron chi connectivity index (χ2n) is 9.82. The molecule has 0 unspecified atom stereocenters. The number of hydrogen-bond acceptors (Lipinski definition) is 4. The van der Waals surface area contributed by atoms with Gasteiger partial charge in [0.05, 0.1) is 20.9 Å². The van der Waals surface area contributed by atoms with Crippen LogP contribution < -0.4 is 5.14 Å². The molecule has 0 bridgehead atoms. The van der Waals surface area contributed by atoms with E-state index in [1.54, 1.807) is 12.1 Å².